The molecule has 0 aromatic rings. The summed E-state index contributed by atoms with van der Waals surface area (Å²) >= 11 is 5.49. The predicted octanol–water partition coefficient (Wildman–Crippen LogP) is 0.535. The first kappa shape index (κ1) is 10.4. The van der Waals surface area contributed by atoms with Crippen LogP contribution < -0.4 is 0 Å². The monoisotopic (exact) mass is 183 g/mol. The van der Waals surface area contributed by atoms with Gasteiger partial charge in [-0.15, -0.1) is 11.6 Å². The van der Waals surface area contributed by atoms with Crippen LogP contribution in [-0.2, 0) is 10.8 Å². The fourth-order valence-electron chi connectivity index (χ4n) is 0.540. The molecule has 1 atom stereocenters. The molecule has 2 nitrogen and oxygen atoms in total. The molecule has 62 valence electrons. The Labute approximate surface area is 70.0 Å². The van der Waals surface area contributed by atoms with E-state index in [-0.39, 0.29) is 0 Å². The molecular weight excluding hydrogens is 170 g/mol. The molecule has 0 saturated carbocycles. The van der Waals surface area contributed by atoms with Gasteiger partial charge in [-0.25, -0.2) is 0 Å². The summed E-state index contributed by atoms with van der Waals surface area (Å²) in [4.78, 5) is 2.08. The third kappa shape index (κ3) is 6.52. The molecule has 0 bridgehead atoms. The average Bonchev–Trinajstić information content (AvgIpc) is 1.85. The Bertz CT molecular complexity index is 110. The predicted molar refractivity (Wildman–Crippen MR) is 47.2 cm³/mol. The lowest BCUT2D eigenvalue weighted by atomic mass is 10.6. The third-order valence-corrected chi connectivity index (χ3v) is 2.15. The molecule has 0 fully saturated rings. The number of hydrogen-bond donors (Lipinski definition) is 0. The highest BCUT2D eigenvalue weighted by Crippen LogP contribution is 1.85. The Balaban J connectivity index is 3.21. The summed E-state index contributed by atoms with van der Waals surface area (Å²) in [6.45, 7) is 1.74. The van der Waals surface area contributed by atoms with Gasteiger partial charge in [-0.05, 0) is 7.05 Å². The zero-order valence-electron chi connectivity index (χ0n) is 6.47. The maximum Gasteiger partial charge on any atom is 0.0359 e. The summed E-state index contributed by atoms with van der Waals surface area (Å²) in [6.07, 6.45) is 1.72. The first-order chi connectivity index (χ1) is 4.66. The molecule has 0 aromatic carbocycles. The van der Waals surface area contributed by atoms with Crippen LogP contribution in [0.25, 0.3) is 0 Å². The molecule has 0 aliphatic heterocycles. The lowest BCUT2D eigenvalue weighted by molar-refractivity contribution is 0.377. The van der Waals surface area contributed by atoms with E-state index in [4.69, 9.17) is 11.6 Å². The van der Waals surface area contributed by atoms with Gasteiger partial charge in [-0.3, -0.25) is 4.21 Å². The van der Waals surface area contributed by atoms with Crippen LogP contribution in [0.3, 0.4) is 0 Å². The molecule has 0 aromatic heterocycles. The van der Waals surface area contributed by atoms with Gasteiger partial charge in [0.25, 0.3) is 0 Å². The van der Waals surface area contributed by atoms with Crippen molar-refractivity contribution >= 4 is 22.4 Å². The summed E-state index contributed by atoms with van der Waals surface area (Å²) in [5.74, 6) is 1.39. The van der Waals surface area contributed by atoms with Gasteiger partial charge in [0.05, 0.1) is 0 Å². The van der Waals surface area contributed by atoms with Crippen molar-refractivity contribution in [1.82, 2.24) is 4.90 Å². The Morgan fingerprint density at radius 3 is 2.50 bits per heavy atom. The van der Waals surface area contributed by atoms with E-state index in [1.54, 1.807) is 6.26 Å². The number of nitrogens with zero attached hydrogens (tertiary/aromatic N) is 1. The van der Waals surface area contributed by atoms with Crippen molar-refractivity contribution in [2.45, 2.75) is 0 Å². The van der Waals surface area contributed by atoms with Gasteiger partial charge in [0.1, 0.15) is 0 Å². The van der Waals surface area contributed by atoms with Gasteiger partial charge in [0, 0.05) is 41.8 Å². The van der Waals surface area contributed by atoms with E-state index in [0.29, 0.717) is 5.88 Å². The van der Waals surface area contributed by atoms with Crippen LogP contribution >= 0.6 is 11.6 Å². The molecule has 10 heavy (non-hydrogen) atoms. The van der Waals surface area contributed by atoms with E-state index in [2.05, 4.69) is 4.90 Å². The van der Waals surface area contributed by atoms with E-state index < -0.39 is 10.8 Å². The van der Waals surface area contributed by atoms with E-state index in [1.807, 2.05) is 7.05 Å². The van der Waals surface area contributed by atoms with Gasteiger partial charge >= 0.3 is 0 Å². The second-order valence-electron chi connectivity index (χ2n) is 2.27. The highest BCUT2D eigenvalue weighted by molar-refractivity contribution is 7.84. The lowest BCUT2D eigenvalue weighted by Crippen LogP contribution is -2.25. The zero-order valence-corrected chi connectivity index (χ0v) is 8.04. The second kappa shape index (κ2) is 6.13. The minimum absolute atomic E-state index is 0.646. The van der Waals surface area contributed by atoms with Crippen molar-refractivity contribution in [2.24, 2.45) is 0 Å². The molecule has 0 spiro atoms. The molecule has 0 radical (unpaired) electrons. The van der Waals surface area contributed by atoms with Crippen molar-refractivity contribution in [1.29, 1.82) is 0 Å². The quantitative estimate of drug-likeness (QED) is 0.580. The summed E-state index contributed by atoms with van der Waals surface area (Å²) in [7, 11) is 1.31. The molecule has 0 heterocycles. The molecule has 4 heteroatoms. The summed E-state index contributed by atoms with van der Waals surface area (Å²) in [5, 5.41) is 0. The van der Waals surface area contributed by atoms with Gasteiger partial charge in [-0.2, -0.15) is 0 Å². The van der Waals surface area contributed by atoms with Crippen LogP contribution in [-0.4, -0.2) is 47.1 Å². The maximum atomic E-state index is 10.6. The fraction of sp³-hybridized carbons (Fsp3) is 1.00. The number of rotatable bonds is 5. The summed E-state index contributed by atoms with van der Waals surface area (Å²) in [6, 6.07) is 0. The van der Waals surface area contributed by atoms with Crippen molar-refractivity contribution in [3.63, 3.8) is 0 Å². The fourth-order valence-corrected chi connectivity index (χ4v) is 1.40. The first-order valence-electron chi connectivity index (χ1n) is 3.21. The molecular formula is C6H14ClNOS. The van der Waals surface area contributed by atoms with Gasteiger partial charge in [0.2, 0.25) is 0 Å². The molecule has 0 rings (SSSR count). The molecule has 0 saturated heterocycles. The van der Waals surface area contributed by atoms with Crippen molar-refractivity contribution in [3.05, 3.63) is 0 Å². The molecule has 1 unspecified atom stereocenters. The van der Waals surface area contributed by atoms with Crippen LogP contribution in [0.1, 0.15) is 0 Å². The van der Waals surface area contributed by atoms with Crippen molar-refractivity contribution in [3.8, 4) is 0 Å². The maximum absolute atomic E-state index is 10.6. The van der Waals surface area contributed by atoms with Crippen molar-refractivity contribution in [2.75, 3.05) is 38.0 Å². The Kier molecular flexibility index (Phi) is 6.38. The van der Waals surface area contributed by atoms with E-state index in [1.165, 1.54) is 0 Å². The minimum atomic E-state index is -0.674. The van der Waals surface area contributed by atoms with Crippen LogP contribution in [0.15, 0.2) is 0 Å². The topological polar surface area (TPSA) is 20.3 Å². The largest absolute Gasteiger partial charge is 0.304 e. The number of hydrogen-bond acceptors (Lipinski definition) is 2. The molecule has 0 aliphatic rings. The average molecular weight is 184 g/mol. The van der Waals surface area contributed by atoms with Crippen molar-refractivity contribution < 1.29 is 4.21 Å². The molecule has 0 N–H and O–H groups in total. The third-order valence-electron chi connectivity index (χ3n) is 1.23. The summed E-state index contributed by atoms with van der Waals surface area (Å²) < 4.78 is 10.6. The van der Waals surface area contributed by atoms with Gasteiger partial charge in [0.15, 0.2) is 0 Å². The molecule has 0 amide bonds. The highest BCUT2D eigenvalue weighted by Gasteiger charge is 1.97. The van der Waals surface area contributed by atoms with Crippen LogP contribution in [0.5, 0.6) is 0 Å². The number of halogens is 1. The van der Waals surface area contributed by atoms with E-state index in [0.717, 1.165) is 18.8 Å². The summed E-state index contributed by atoms with van der Waals surface area (Å²) in [5.41, 5.74) is 0. The van der Waals surface area contributed by atoms with Crippen LogP contribution in [0.4, 0.5) is 0 Å². The van der Waals surface area contributed by atoms with E-state index in [9.17, 15) is 4.21 Å². The first-order valence-corrected chi connectivity index (χ1v) is 5.47. The minimum Gasteiger partial charge on any atom is -0.304 e. The molecule has 0 aliphatic carbocycles. The SMILES string of the molecule is CN(CCCl)CCS(C)=O. The highest BCUT2D eigenvalue weighted by atomic mass is 35.5. The normalized spacial score (nSPS) is 14.0. The second-order valence-corrected chi connectivity index (χ2v) is 4.20. The van der Waals surface area contributed by atoms with Crippen LogP contribution in [0, 0.1) is 0 Å². The van der Waals surface area contributed by atoms with Gasteiger partial charge in [-0.1, -0.05) is 0 Å². The van der Waals surface area contributed by atoms with E-state index >= 15 is 0 Å². The van der Waals surface area contributed by atoms with Crippen LogP contribution in [0.2, 0.25) is 0 Å². The Morgan fingerprint density at radius 2 is 2.10 bits per heavy atom. The number of alkyl halides is 1. The smallest absolute Gasteiger partial charge is 0.0359 e. The zero-order chi connectivity index (χ0) is 7.98. The standard InChI is InChI=1S/C6H14ClNOS/c1-8(4-3-7)5-6-10(2)9/h3-6H2,1-2H3. The lowest BCUT2D eigenvalue weighted by Gasteiger charge is -2.12. The van der Waals surface area contributed by atoms with Gasteiger partial charge < -0.3 is 4.90 Å². The Hall–Kier alpha value is 0.400. The Morgan fingerprint density at radius 1 is 1.50 bits per heavy atom.